The number of hydrogen-bond acceptors (Lipinski definition) is 5. The van der Waals surface area contributed by atoms with Crippen LogP contribution in [-0.4, -0.2) is 15.9 Å². The number of fused-ring (bicyclic) bond motifs is 2. The number of rotatable bonds is 2. The van der Waals surface area contributed by atoms with E-state index in [0.717, 1.165) is 22.2 Å². The molecule has 0 saturated carbocycles. The van der Waals surface area contributed by atoms with Gasteiger partial charge in [0.2, 0.25) is 11.9 Å². The zero-order valence-electron chi connectivity index (χ0n) is 13.4. The van der Waals surface area contributed by atoms with Gasteiger partial charge in [0.05, 0.1) is 22.8 Å². The maximum atomic E-state index is 12.5. The molecule has 0 bridgehead atoms. The summed E-state index contributed by atoms with van der Waals surface area (Å²) in [5, 5.41) is 1.32. The van der Waals surface area contributed by atoms with Gasteiger partial charge in [0.1, 0.15) is 5.82 Å². The Hall–Kier alpha value is -2.86. The number of nitrogens with two attached hydrogens (primary N) is 2. The van der Waals surface area contributed by atoms with Gasteiger partial charge < -0.3 is 16.4 Å². The van der Waals surface area contributed by atoms with E-state index >= 15 is 0 Å². The zero-order valence-corrected chi connectivity index (χ0v) is 14.1. The lowest BCUT2D eigenvalue weighted by atomic mass is 10.00. The van der Waals surface area contributed by atoms with E-state index in [1.54, 1.807) is 11.0 Å². The predicted molar refractivity (Wildman–Crippen MR) is 99.3 cm³/mol. The van der Waals surface area contributed by atoms with Crippen LogP contribution in [0.3, 0.4) is 0 Å². The van der Waals surface area contributed by atoms with Crippen molar-refractivity contribution in [1.82, 2.24) is 9.97 Å². The highest BCUT2D eigenvalue weighted by molar-refractivity contribution is 6.34. The van der Waals surface area contributed by atoms with Crippen molar-refractivity contribution >= 4 is 45.9 Å². The van der Waals surface area contributed by atoms with Crippen molar-refractivity contribution < 1.29 is 4.79 Å². The summed E-state index contributed by atoms with van der Waals surface area (Å²) in [5.74, 6) is 0.531. The second-order valence-corrected chi connectivity index (χ2v) is 6.45. The summed E-state index contributed by atoms with van der Waals surface area (Å²) in [6, 6.07) is 11.4. The molecule has 0 unspecified atom stereocenters. The van der Waals surface area contributed by atoms with Crippen molar-refractivity contribution in [2.45, 2.75) is 19.4 Å². The molecule has 2 aromatic carbocycles. The molecule has 4 rings (SSSR count). The molecule has 0 saturated heterocycles. The van der Waals surface area contributed by atoms with Crippen LogP contribution in [0.5, 0.6) is 0 Å². The second kappa shape index (κ2) is 5.89. The Labute approximate surface area is 149 Å². The van der Waals surface area contributed by atoms with Gasteiger partial charge in [-0.15, -0.1) is 0 Å². The summed E-state index contributed by atoms with van der Waals surface area (Å²) in [6.07, 6.45) is 1.19. The molecule has 1 aromatic heterocycles. The quantitative estimate of drug-likeness (QED) is 0.738. The van der Waals surface area contributed by atoms with E-state index < -0.39 is 0 Å². The minimum absolute atomic E-state index is 0.0578. The number of carbonyl (C=O) groups excluding carboxylic acids is 1. The fraction of sp³-hybridized carbons (Fsp3) is 0.167. The Kier molecular flexibility index (Phi) is 3.69. The first-order chi connectivity index (χ1) is 12.0. The van der Waals surface area contributed by atoms with Crippen LogP contribution in [0.1, 0.15) is 17.5 Å². The number of aryl methyl sites for hydroxylation is 1. The Morgan fingerprint density at radius 2 is 1.96 bits per heavy atom. The SMILES string of the molecule is Nc1nc(N)c2ccc(CN3C(=O)CCc4cccc(Cl)c43)cc2n1. The molecule has 1 aliphatic rings. The number of para-hydroxylation sites is 1. The van der Waals surface area contributed by atoms with Crippen molar-refractivity contribution in [3.8, 4) is 0 Å². The van der Waals surface area contributed by atoms with Crippen molar-refractivity contribution in [2.24, 2.45) is 0 Å². The first-order valence-electron chi connectivity index (χ1n) is 7.92. The number of hydrogen-bond donors (Lipinski definition) is 2. The average molecular weight is 354 g/mol. The highest BCUT2D eigenvalue weighted by Gasteiger charge is 2.26. The smallest absolute Gasteiger partial charge is 0.227 e. The van der Waals surface area contributed by atoms with E-state index in [0.29, 0.717) is 35.7 Å². The fourth-order valence-corrected chi connectivity index (χ4v) is 3.53. The summed E-state index contributed by atoms with van der Waals surface area (Å²) in [4.78, 5) is 22.4. The van der Waals surface area contributed by atoms with Gasteiger partial charge in [-0.2, -0.15) is 4.98 Å². The van der Waals surface area contributed by atoms with Crippen LogP contribution in [0.15, 0.2) is 36.4 Å². The molecule has 7 heteroatoms. The minimum Gasteiger partial charge on any atom is -0.383 e. The van der Waals surface area contributed by atoms with Crippen LogP contribution in [0.2, 0.25) is 5.02 Å². The van der Waals surface area contributed by atoms with Crippen molar-refractivity contribution in [3.63, 3.8) is 0 Å². The molecule has 6 nitrogen and oxygen atoms in total. The van der Waals surface area contributed by atoms with Crippen LogP contribution in [0.25, 0.3) is 10.9 Å². The highest BCUT2D eigenvalue weighted by atomic mass is 35.5. The van der Waals surface area contributed by atoms with E-state index in [2.05, 4.69) is 9.97 Å². The molecule has 2 heterocycles. The summed E-state index contributed by atoms with van der Waals surface area (Å²) in [7, 11) is 0. The predicted octanol–water partition coefficient (Wildman–Crippen LogP) is 2.93. The van der Waals surface area contributed by atoms with E-state index in [4.69, 9.17) is 23.1 Å². The maximum Gasteiger partial charge on any atom is 0.227 e. The lowest BCUT2D eigenvalue weighted by molar-refractivity contribution is -0.119. The average Bonchev–Trinajstić information content (AvgIpc) is 2.57. The lowest BCUT2D eigenvalue weighted by Gasteiger charge is -2.30. The largest absolute Gasteiger partial charge is 0.383 e. The summed E-state index contributed by atoms with van der Waals surface area (Å²) in [6.45, 7) is 0.412. The zero-order chi connectivity index (χ0) is 17.6. The van der Waals surface area contributed by atoms with E-state index in [1.807, 2.05) is 30.3 Å². The lowest BCUT2D eigenvalue weighted by Crippen LogP contribution is -2.34. The van der Waals surface area contributed by atoms with Crippen LogP contribution in [-0.2, 0) is 17.8 Å². The van der Waals surface area contributed by atoms with Gasteiger partial charge in [-0.1, -0.05) is 29.8 Å². The van der Waals surface area contributed by atoms with Gasteiger partial charge in [-0.05, 0) is 35.7 Å². The molecule has 0 spiro atoms. The molecule has 0 atom stereocenters. The Morgan fingerprint density at radius 1 is 1.12 bits per heavy atom. The Balaban J connectivity index is 1.75. The summed E-state index contributed by atoms with van der Waals surface area (Å²) in [5.41, 5.74) is 15.0. The second-order valence-electron chi connectivity index (χ2n) is 6.05. The third-order valence-electron chi connectivity index (χ3n) is 4.40. The molecule has 0 fully saturated rings. The van der Waals surface area contributed by atoms with Gasteiger partial charge in [0.15, 0.2) is 0 Å². The van der Waals surface area contributed by atoms with E-state index in [1.165, 1.54) is 0 Å². The molecule has 0 radical (unpaired) electrons. The normalized spacial score (nSPS) is 14.0. The molecule has 25 heavy (non-hydrogen) atoms. The molecule has 1 aliphatic heterocycles. The molecule has 4 N–H and O–H groups in total. The topological polar surface area (TPSA) is 98.1 Å². The molecule has 0 aliphatic carbocycles. The fourth-order valence-electron chi connectivity index (χ4n) is 3.23. The Morgan fingerprint density at radius 3 is 2.80 bits per heavy atom. The number of benzene rings is 2. The number of anilines is 3. The summed E-state index contributed by atoms with van der Waals surface area (Å²) < 4.78 is 0. The first-order valence-corrected chi connectivity index (χ1v) is 8.30. The van der Waals surface area contributed by atoms with Crippen molar-refractivity contribution in [3.05, 3.63) is 52.5 Å². The monoisotopic (exact) mass is 353 g/mol. The molecular weight excluding hydrogens is 338 g/mol. The standard InChI is InChI=1S/C18H16ClN5O/c19-13-3-1-2-11-5-7-15(25)24(16(11)13)9-10-4-6-12-14(8-10)22-18(21)23-17(12)20/h1-4,6,8H,5,7,9H2,(H4,20,21,22,23). The van der Waals surface area contributed by atoms with Gasteiger partial charge in [0.25, 0.3) is 0 Å². The van der Waals surface area contributed by atoms with Gasteiger partial charge >= 0.3 is 0 Å². The maximum absolute atomic E-state index is 12.5. The van der Waals surface area contributed by atoms with Crippen LogP contribution >= 0.6 is 11.6 Å². The third-order valence-corrected chi connectivity index (χ3v) is 4.70. The number of halogens is 1. The number of nitrogens with zero attached hydrogens (tertiary/aromatic N) is 3. The van der Waals surface area contributed by atoms with Gasteiger partial charge in [-0.3, -0.25) is 4.79 Å². The molecule has 3 aromatic rings. The van der Waals surface area contributed by atoms with E-state index in [-0.39, 0.29) is 11.9 Å². The van der Waals surface area contributed by atoms with Crippen molar-refractivity contribution in [1.29, 1.82) is 0 Å². The van der Waals surface area contributed by atoms with E-state index in [9.17, 15) is 4.79 Å². The number of carbonyl (C=O) groups is 1. The Bertz CT molecular complexity index is 1000. The minimum atomic E-state index is 0.0578. The molecule has 126 valence electrons. The van der Waals surface area contributed by atoms with Crippen LogP contribution < -0.4 is 16.4 Å². The highest BCUT2D eigenvalue weighted by Crippen LogP contribution is 2.36. The van der Waals surface area contributed by atoms with Gasteiger partial charge in [-0.25, -0.2) is 4.98 Å². The van der Waals surface area contributed by atoms with Crippen molar-refractivity contribution in [2.75, 3.05) is 16.4 Å². The molecular formula is C18H16ClN5O. The summed E-state index contributed by atoms with van der Waals surface area (Å²) >= 11 is 6.36. The van der Waals surface area contributed by atoms with Crippen LogP contribution in [0.4, 0.5) is 17.5 Å². The number of nitrogen functional groups attached to an aromatic ring is 2. The third kappa shape index (κ3) is 2.74. The van der Waals surface area contributed by atoms with Crippen LogP contribution in [0, 0.1) is 0 Å². The molecule has 1 amide bonds. The number of aromatic nitrogens is 2. The van der Waals surface area contributed by atoms with Gasteiger partial charge in [0, 0.05) is 11.8 Å². The number of amides is 1. The first kappa shape index (κ1) is 15.7.